The van der Waals surface area contributed by atoms with Crippen molar-refractivity contribution in [3.05, 3.63) is 22.4 Å². The van der Waals surface area contributed by atoms with Crippen LogP contribution in [-0.4, -0.2) is 37.1 Å². The van der Waals surface area contributed by atoms with Crippen molar-refractivity contribution in [1.29, 1.82) is 0 Å². The van der Waals surface area contributed by atoms with E-state index in [9.17, 15) is 0 Å². The average Bonchev–Trinajstić information content (AvgIpc) is 2.70. The molecule has 0 bridgehead atoms. The summed E-state index contributed by atoms with van der Waals surface area (Å²) < 4.78 is 0. The minimum atomic E-state index is 0.667. The summed E-state index contributed by atoms with van der Waals surface area (Å²) in [7, 11) is 0. The van der Waals surface area contributed by atoms with E-state index in [2.05, 4.69) is 41.6 Å². The topological polar surface area (TPSA) is 15.3 Å². The van der Waals surface area contributed by atoms with Crippen molar-refractivity contribution in [2.45, 2.75) is 32.7 Å². The molecule has 0 amide bonds. The van der Waals surface area contributed by atoms with Crippen LogP contribution in [0.15, 0.2) is 17.5 Å². The van der Waals surface area contributed by atoms with Gasteiger partial charge in [0.15, 0.2) is 0 Å². The van der Waals surface area contributed by atoms with Gasteiger partial charge in [-0.3, -0.25) is 0 Å². The minimum absolute atomic E-state index is 0.667. The van der Waals surface area contributed by atoms with Crippen molar-refractivity contribution in [2.24, 2.45) is 5.92 Å². The number of hydrogen-bond donors (Lipinski definition) is 1. The molecule has 2 heterocycles. The zero-order valence-corrected chi connectivity index (χ0v) is 11.8. The standard InChI is InChI=1S/C14H24N2S/c1-12(2)14-11-16(8-4-7-15-14)9-6-13-5-3-10-17-13/h3,5,10,12,14-15H,4,6-9,11H2,1-2H3. The van der Waals surface area contributed by atoms with Gasteiger partial charge in [0.25, 0.3) is 0 Å². The molecule has 2 rings (SSSR count). The summed E-state index contributed by atoms with van der Waals surface area (Å²) in [4.78, 5) is 4.15. The van der Waals surface area contributed by atoms with Crippen molar-refractivity contribution in [3.8, 4) is 0 Å². The summed E-state index contributed by atoms with van der Waals surface area (Å²) in [5, 5.41) is 5.84. The molecule has 0 spiro atoms. The lowest BCUT2D eigenvalue weighted by Gasteiger charge is -2.26. The summed E-state index contributed by atoms with van der Waals surface area (Å²) in [6.07, 6.45) is 2.50. The molecule has 0 aromatic carbocycles. The van der Waals surface area contributed by atoms with E-state index in [-0.39, 0.29) is 0 Å². The second-order valence-electron chi connectivity index (χ2n) is 5.29. The van der Waals surface area contributed by atoms with Gasteiger partial charge < -0.3 is 10.2 Å². The quantitative estimate of drug-likeness (QED) is 0.886. The molecule has 1 atom stereocenters. The van der Waals surface area contributed by atoms with Crippen molar-refractivity contribution in [2.75, 3.05) is 26.2 Å². The van der Waals surface area contributed by atoms with Crippen LogP contribution in [0.25, 0.3) is 0 Å². The summed E-state index contributed by atoms with van der Waals surface area (Å²) in [5.41, 5.74) is 0. The summed E-state index contributed by atoms with van der Waals surface area (Å²) in [6, 6.07) is 5.07. The van der Waals surface area contributed by atoms with E-state index in [0.29, 0.717) is 6.04 Å². The fourth-order valence-corrected chi connectivity index (χ4v) is 3.10. The molecule has 1 saturated heterocycles. The van der Waals surface area contributed by atoms with Gasteiger partial charge in [-0.15, -0.1) is 11.3 Å². The predicted molar refractivity (Wildman–Crippen MR) is 75.7 cm³/mol. The van der Waals surface area contributed by atoms with Crippen LogP contribution in [0.2, 0.25) is 0 Å². The molecule has 96 valence electrons. The Morgan fingerprint density at radius 2 is 2.41 bits per heavy atom. The van der Waals surface area contributed by atoms with Gasteiger partial charge in [0, 0.05) is 24.0 Å². The first-order valence-electron chi connectivity index (χ1n) is 6.74. The number of hydrogen-bond acceptors (Lipinski definition) is 3. The molecule has 2 nitrogen and oxygen atoms in total. The highest BCUT2D eigenvalue weighted by molar-refractivity contribution is 7.09. The van der Waals surface area contributed by atoms with Crippen LogP contribution >= 0.6 is 11.3 Å². The van der Waals surface area contributed by atoms with E-state index in [1.807, 2.05) is 11.3 Å². The Morgan fingerprint density at radius 3 is 3.12 bits per heavy atom. The summed E-state index contributed by atoms with van der Waals surface area (Å²) >= 11 is 1.88. The van der Waals surface area contributed by atoms with Crippen molar-refractivity contribution in [1.82, 2.24) is 10.2 Å². The number of nitrogens with one attached hydrogen (secondary N) is 1. The van der Waals surface area contributed by atoms with Gasteiger partial charge in [-0.1, -0.05) is 19.9 Å². The van der Waals surface area contributed by atoms with E-state index in [1.54, 1.807) is 0 Å². The van der Waals surface area contributed by atoms with Gasteiger partial charge in [-0.05, 0) is 43.3 Å². The highest BCUT2D eigenvalue weighted by Crippen LogP contribution is 2.12. The van der Waals surface area contributed by atoms with Crippen LogP contribution in [0.5, 0.6) is 0 Å². The van der Waals surface area contributed by atoms with Crippen molar-refractivity contribution < 1.29 is 0 Å². The SMILES string of the molecule is CC(C)C1CN(CCc2cccs2)CCCN1. The van der Waals surface area contributed by atoms with Crippen LogP contribution < -0.4 is 5.32 Å². The van der Waals surface area contributed by atoms with Gasteiger partial charge in [0.2, 0.25) is 0 Å². The Bertz CT molecular complexity index is 308. The molecule has 1 aliphatic rings. The Morgan fingerprint density at radius 1 is 1.53 bits per heavy atom. The second kappa shape index (κ2) is 6.53. The smallest absolute Gasteiger partial charge is 0.0217 e. The number of thiophene rings is 1. The van der Waals surface area contributed by atoms with Crippen LogP contribution in [0.4, 0.5) is 0 Å². The first-order valence-corrected chi connectivity index (χ1v) is 7.62. The average molecular weight is 252 g/mol. The molecule has 1 aromatic rings. The van der Waals surface area contributed by atoms with Crippen molar-refractivity contribution in [3.63, 3.8) is 0 Å². The Hall–Kier alpha value is -0.380. The van der Waals surface area contributed by atoms with Gasteiger partial charge in [0.1, 0.15) is 0 Å². The minimum Gasteiger partial charge on any atom is -0.312 e. The molecule has 0 aliphatic carbocycles. The first kappa shape index (κ1) is 13.1. The number of nitrogens with zero attached hydrogens (tertiary/aromatic N) is 1. The third kappa shape index (κ3) is 4.09. The maximum absolute atomic E-state index is 3.67. The molecule has 17 heavy (non-hydrogen) atoms. The third-order valence-electron chi connectivity index (χ3n) is 3.57. The van der Waals surface area contributed by atoms with Crippen LogP contribution in [0, 0.1) is 5.92 Å². The van der Waals surface area contributed by atoms with Gasteiger partial charge in [-0.2, -0.15) is 0 Å². The summed E-state index contributed by atoms with van der Waals surface area (Å²) in [6.45, 7) is 9.50. The van der Waals surface area contributed by atoms with E-state index in [1.165, 1.54) is 43.9 Å². The van der Waals surface area contributed by atoms with E-state index >= 15 is 0 Å². The molecule has 1 aromatic heterocycles. The molecule has 1 N–H and O–H groups in total. The maximum Gasteiger partial charge on any atom is 0.0217 e. The lowest BCUT2D eigenvalue weighted by atomic mass is 10.0. The van der Waals surface area contributed by atoms with Gasteiger partial charge in [0.05, 0.1) is 0 Å². The maximum atomic E-state index is 3.67. The van der Waals surface area contributed by atoms with Crippen molar-refractivity contribution >= 4 is 11.3 Å². The Labute approximate surface area is 109 Å². The lowest BCUT2D eigenvalue weighted by Crippen LogP contribution is -2.41. The van der Waals surface area contributed by atoms with Crippen LogP contribution in [0.3, 0.4) is 0 Å². The fourth-order valence-electron chi connectivity index (χ4n) is 2.40. The largest absolute Gasteiger partial charge is 0.312 e. The third-order valence-corrected chi connectivity index (χ3v) is 4.51. The Kier molecular flexibility index (Phi) is 5.01. The normalized spacial score (nSPS) is 22.9. The highest BCUT2D eigenvalue weighted by Gasteiger charge is 2.19. The number of rotatable bonds is 4. The predicted octanol–water partition coefficient (Wildman–Crippen LogP) is 2.61. The van der Waals surface area contributed by atoms with Crippen LogP contribution in [0.1, 0.15) is 25.1 Å². The molecule has 0 saturated carbocycles. The molecule has 1 aliphatic heterocycles. The molecule has 3 heteroatoms. The van der Waals surface area contributed by atoms with E-state index < -0.39 is 0 Å². The Balaban J connectivity index is 1.82. The fraction of sp³-hybridized carbons (Fsp3) is 0.714. The zero-order chi connectivity index (χ0) is 12.1. The lowest BCUT2D eigenvalue weighted by molar-refractivity contribution is 0.249. The molecule has 1 fully saturated rings. The second-order valence-corrected chi connectivity index (χ2v) is 6.32. The molecule has 0 radical (unpaired) electrons. The molecular weight excluding hydrogens is 228 g/mol. The van der Waals surface area contributed by atoms with Crippen LogP contribution in [-0.2, 0) is 6.42 Å². The van der Waals surface area contributed by atoms with Gasteiger partial charge >= 0.3 is 0 Å². The highest BCUT2D eigenvalue weighted by atomic mass is 32.1. The molecule has 1 unspecified atom stereocenters. The van der Waals surface area contributed by atoms with E-state index in [0.717, 1.165) is 5.92 Å². The monoisotopic (exact) mass is 252 g/mol. The van der Waals surface area contributed by atoms with E-state index in [4.69, 9.17) is 0 Å². The van der Waals surface area contributed by atoms with Gasteiger partial charge in [-0.25, -0.2) is 0 Å². The molecular formula is C14H24N2S. The zero-order valence-electron chi connectivity index (χ0n) is 11.0. The summed E-state index contributed by atoms with van der Waals surface area (Å²) in [5.74, 6) is 0.734. The first-order chi connectivity index (χ1) is 8.25.